The molecule has 0 spiro atoms. The predicted octanol–water partition coefficient (Wildman–Crippen LogP) is 3.92. The SMILES string of the molecule is CC(N)CCCC(=O)Nc1ccc(Br)c(C(F)(F)F)c1. The summed E-state index contributed by atoms with van der Waals surface area (Å²) in [5, 5.41) is 2.45. The fourth-order valence-corrected chi connectivity index (χ4v) is 2.10. The van der Waals surface area contributed by atoms with Crippen molar-refractivity contribution in [2.45, 2.75) is 38.4 Å². The quantitative estimate of drug-likeness (QED) is 0.843. The first-order valence-corrected chi connectivity index (χ1v) is 6.91. The normalized spacial score (nSPS) is 13.1. The molecular weight excluding hydrogens is 337 g/mol. The molecule has 0 saturated carbocycles. The van der Waals surface area contributed by atoms with Gasteiger partial charge in [-0.3, -0.25) is 4.79 Å². The smallest absolute Gasteiger partial charge is 0.328 e. The monoisotopic (exact) mass is 352 g/mol. The zero-order valence-electron chi connectivity index (χ0n) is 10.9. The molecule has 1 atom stereocenters. The van der Waals surface area contributed by atoms with Gasteiger partial charge < -0.3 is 11.1 Å². The summed E-state index contributed by atoms with van der Waals surface area (Å²) in [4.78, 5) is 11.6. The lowest BCUT2D eigenvalue weighted by Crippen LogP contribution is -2.17. The van der Waals surface area contributed by atoms with Crippen LogP contribution in [0.4, 0.5) is 18.9 Å². The Morgan fingerprint density at radius 1 is 1.45 bits per heavy atom. The number of nitrogens with two attached hydrogens (primary N) is 1. The van der Waals surface area contributed by atoms with E-state index in [9.17, 15) is 18.0 Å². The van der Waals surface area contributed by atoms with Crippen LogP contribution in [0.25, 0.3) is 0 Å². The highest BCUT2D eigenvalue weighted by atomic mass is 79.9. The summed E-state index contributed by atoms with van der Waals surface area (Å²) in [5.41, 5.74) is 4.87. The second-order valence-corrected chi connectivity index (χ2v) is 5.46. The lowest BCUT2D eigenvalue weighted by Gasteiger charge is -2.12. The number of amides is 1. The zero-order valence-corrected chi connectivity index (χ0v) is 12.5. The number of hydrogen-bond acceptors (Lipinski definition) is 2. The van der Waals surface area contributed by atoms with Gasteiger partial charge in [0, 0.05) is 22.6 Å². The third-order valence-corrected chi connectivity index (χ3v) is 3.31. The highest BCUT2D eigenvalue weighted by Crippen LogP contribution is 2.36. The molecule has 0 aliphatic heterocycles. The number of halogens is 4. The van der Waals surface area contributed by atoms with Gasteiger partial charge in [-0.25, -0.2) is 0 Å². The number of carbonyl (C=O) groups excluding carboxylic acids is 1. The molecule has 0 aliphatic rings. The van der Waals surface area contributed by atoms with Crippen LogP contribution in [0.1, 0.15) is 31.7 Å². The molecule has 0 aliphatic carbocycles. The van der Waals surface area contributed by atoms with E-state index in [1.807, 2.05) is 6.92 Å². The maximum Gasteiger partial charge on any atom is 0.417 e. The van der Waals surface area contributed by atoms with Gasteiger partial charge in [0.15, 0.2) is 0 Å². The van der Waals surface area contributed by atoms with Gasteiger partial charge in [0.1, 0.15) is 0 Å². The first-order valence-electron chi connectivity index (χ1n) is 6.12. The van der Waals surface area contributed by atoms with Crippen LogP contribution in [0.15, 0.2) is 22.7 Å². The largest absolute Gasteiger partial charge is 0.417 e. The number of anilines is 1. The van der Waals surface area contributed by atoms with Crippen LogP contribution in [-0.4, -0.2) is 11.9 Å². The Labute approximate surface area is 123 Å². The van der Waals surface area contributed by atoms with Gasteiger partial charge >= 0.3 is 6.18 Å². The number of alkyl halides is 3. The van der Waals surface area contributed by atoms with Crippen LogP contribution in [-0.2, 0) is 11.0 Å². The highest BCUT2D eigenvalue weighted by molar-refractivity contribution is 9.10. The van der Waals surface area contributed by atoms with Crippen molar-refractivity contribution in [1.29, 1.82) is 0 Å². The number of benzene rings is 1. The second kappa shape index (κ2) is 7.08. The fraction of sp³-hybridized carbons (Fsp3) is 0.462. The van der Waals surface area contributed by atoms with E-state index in [0.29, 0.717) is 12.8 Å². The molecule has 1 aromatic carbocycles. The van der Waals surface area contributed by atoms with Crippen molar-refractivity contribution in [3.05, 3.63) is 28.2 Å². The Kier molecular flexibility index (Phi) is 6.01. The molecule has 1 amide bonds. The fourth-order valence-electron chi connectivity index (χ4n) is 1.63. The molecule has 0 radical (unpaired) electrons. The van der Waals surface area contributed by atoms with Crippen molar-refractivity contribution in [2.24, 2.45) is 5.73 Å². The first-order chi connectivity index (χ1) is 9.20. The summed E-state index contributed by atoms with van der Waals surface area (Å²) in [6, 6.07) is 3.60. The molecule has 7 heteroatoms. The van der Waals surface area contributed by atoms with Gasteiger partial charge in [0.25, 0.3) is 0 Å². The maximum atomic E-state index is 12.7. The molecule has 0 fully saturated rings. The lowest BCUT2D eigenvalue weighted by molar-refractivity contribution is -0.138. The Hall–Kier alpha value is -1.08. The summed E-state index contributed by atoms with van der Waals surface area (Å²) in [6.45, 7) is 1.84. The first kappa shape index (κ1) is 17.0. The van der Waals surface area contributed by atoms with Gasteiger partial charge in [0.2, 0.25) is 5.91 Å². The van der Waals surface area contributed by atoms with E-state index in [-0.39, 0.29) is 28.5 Å². The van der Waals surface area contributed by atoms with Crippen LogP contribution in [0.3, 0.4) is 0 Å². The van der Waals surface area contributed by atoms with Crippen LogP contribution >= 0.6 is 15.9 Å². The van der Waals surface area contributed by atoms with Crippen molar-refractivity contribution >= 4 is 27.5 Å². The average molecular weight is 353 g/mol. The molecule has 1 aromatic rings. The van der Waals surface area contributed by atoms with Crippen LogP contribution < -0.4 is 11.1 Å². The maximum absolute atomic E-state index is 12.7. The molecule has 20 heavy (non-hydrogen) atoms. The summed E-state index contributed by atoms with van der Waals surface area (Å²) < 4.78 is 38.0. The van der Waals surface area contributed by atoms with Crippen molar-refractivity contribution in [3.63, 3.8) is 0 Å². The Bertz CT molecular complexity index is 475. The number of rotatable bonds is 5. The summed E-state index contributed by atoms with van der Waals surface area (Å²) in [6.07, 6.45) is -2.93. The molecule has 0 aromatic heterocycles. The van der Waals surface area contributed by atoms with Crippen LogP contribution in [0, 0.1) is 0 Å². The van der Waals surface area contributed by atoms with E-state index in [1.54, 1.807) is 0 Å². The zero-order chi connectivity index (χ0) is 15.3. The minimum atomic E-state index is -4.46. The number of nitrogens with one attached hydrogen (secondary N) is 1. The Balaban J connectivity index is 2.67. The van der Waals surface area contributed by atoms with E-state index in [2.05, 4.69) is 21.2 Å². The summed E-state index contributed by atoms with van der Waals surface area (Å²) in [5.74, 6) is -0.318. The third-order valence-electron chi connectivity index (χ3n) is 2.62. The Morgan fingerprint density at radius 2 is 2.10 bits per heavy atom. The van der Waals surface area contributed by atoms with E-state index in [4.69, 9.17) is 5.73 Å². The molecule has 112 valence electrons. The Morgan fingerprint density at radius 3 is 2.65 bits per heavy atom. The van der Waals surface area contributed by atoms with Gasteiger partial charge in [0.05, 0.1) is 5.56 Å². The van der Waals surface area contributed by atoms with Gasteiger partial charge in [-0.2, -0.15) is 13.2 Å². The van der Waals surface area contributed by atoms with Crippen molar-refractivity contribution in [2.75, 3.05) is 5.32 Å². The van der Waals surface area contributed by atoms with Crippen molar-refractivity contribution < 1.29 is 18.0 Å². The molecule has 3 nitrogen and oxygen atoms in total. The van der Waals surface area contributed by atoms with Crippen molar-refractivity contribution in [1.82, 2.24) is 0 Å². The van der Waals surface area contributed by atoms with Crippen molar-refractivity contribution in [3.8, 4) is 0 Å². The minimum absolute atomic E-state index is 0.00677. The average Bonchev–Trinajstić information content (AvgIpc) is 2.29. The lowest BCUT2D eigenvalue weighted by atomic mass is 10.1. The van der Waals surface area contributed by atoms with Crippen LogP contribution in [0.5, 0.6) is 0 Å². The number of carbonyl (C=O) groups is 1. The number of hydrogen-bond donors (Lipinski definition) is 2. The molecule has 1 rings (SSSR count). The van der Waals surface area contributed by atoms with E-state index in [0.717, 1.165) is 6.07 Å². The van der Waals surface area contributed by atoms with E-state index >= 15 is 0 Å². The standard InChI is InChI=1S/C13H16BrF3N2O/c1-8(18)3-2-4-12(20)19-9-5-6-11(14)10(7-9)13(15,16)17/h5-8H,2-4,18H2,1H3,(H,19,20). The molecule has 0 saturated heterocycles. The summed E-state index contributed by atoms with van der Waals surface area (Å²) in [7, 11) is 0. The molecule has 0 bridgehead atoms. The topological polar surface area (TPSA) is 55.1 Å². The summed E-state index contributed by atoms with van der Waals surface area (Å²) >= 11 is 2.84. The highest BCUT2D eigenvalue weighted by Gasteiger charge is 2.33. The molecule has 0 heterocycles. The van der Waals surface area contributed by atoms with Gasteiger partial charge in [-0.05, 0) is 38.0 Å². The minimum Gasteiger partial charge on any atom is -0.328 e. The molecular formula is C13H16BrF3N2O. The second-order valence-electron chi connectivity index (χ2n) is 4.61. The van der Waals surface area contributed by atoms with E-state index < -0.39 is 11.7 Å². The van der Waals surface area contributed by atoms with Crippen LogP contribution in [0.2, 0.25) is 0 Å². The van der Waals surface area contributed by atoms with Gasteiger partial charge in [-0.15, -0.1) is 0 Å². The van der Waals surface area contributed by atoms with E-state index in [1.165, 1.54) is 12.1 Å². The molecule has 1 unspecified atom stereocenters. The predicted molar refractivity (Wildman–Crippen MR) is 75.3 cm³/mol. The third kappa shape index (κ3) is 5.50. The van der Waals surface area contributed by atoms with Gasteiger partial charge in [-0.1, -0.05) is 15.9 Å². The molecule has 3 N–H and O–H groups in total.